The molecule has 1 heterocycles. The number of aryl methyl sites for hydroxylation is 2. The van der Waals surface area contributed by atoms with Crippen LogP contribution >= 0.6 is 0 Å². The van der Waals surface area contributed by atoms with E-state index in [1.54, 1.807) is 27.1 Å². The van der Waals surface area contributed by atoms with E-state index < -0.39 is 5.97 Å². The fraction of sp³-hybridized carbons (Fsp3) is 0.200. The molecule has 0 fully saturated rings. The Balaban J connectivity index is 2.81. The molecule has 0 aliphatic rings. The Kier molecular flexibility index (Phi) is 3.61. The molecule has 1 aromatic carbocycles. The van der Waals surface area contributed by atoms with Crippen LogP contribution in [0, 0.1) is 6.92 Å². The number of aromatic nitrogens is 1. The summed E-state index contributed by atoms with van der Waals surface area (Å²) in [6.07, 6.45) is 2.31. The van der Waals surface area contributed by atoms with Crippen LogP contribution in [0.25, 0.3) is 17.0 Å². The van der Waals surface area contributed by atoms with Gasteiger partial charge in [-0.15, -0.1) is 0 Å². The lowest BCUT2D eigenvalue weighted by molar-refractivity contribution is -0.131. The van der Waals surface area contributed by atoms with E-state index in [1.165, 1.54) is 10.6 Å². The Morgan fingerprint density at radius 2 is 2.10 bits per heavy atom. The van der Waals surface area contributed by atoms with E-state index in [4.69, 9.17) is 9.84 Å². The molecule has 0 spiro atoms. The Morgan fingerprint density at radius 3 is 2.70 bits per heavy atom. The highest BCUT2D eigenvalue weighted by atomic mass is 16.5. The number of rotatable bonds is 3. The summed E-state index contributed by atoms with van der Waals surface area (Å²) in [5, 5.41) is 9.58. The van der Waals surface area contributed by atoms with Gasteiger partial charge in [-0.3, -0.25) is 4.79 Å². The van der Waals surface area contributed by atoms with E-state index in [0.29, 0.717) is 11.3 Å². The van der Waals surface area contributed by atoms with E-state index >= 15 is 0 Å². The van der Waals surface area contributed by atoms with E-state index in [-0.39, 0.29) is 5.56 Å². The second kappa shape index (κ2) is 5.21. The lowest BCUT2D eigenvalue weighted by Gasteiger charge is -2.12. The first kappa shape index (κ1) is 13.9. The van der Waals surface area contributed by atoms with Gasteiger partial charge in [-0.05, 0) is 30.7 Å². The first-order chi connectivity index (χ1) is 9.45. The zero-order valence-corrected chi connectivity index (χ0v) is 11.5. The quantitative estimate of drug-likeness (QED) is 0.868. The number of hydrogen-bond acceptors (Lipinski definition) is 3. The summed E-state index contributed by atoms with van der Waals surface area (Å²) in [4.78, 5) is 22.9. The second-order valence-electron chi connectivity index (χ2n) is 4.46. The lowest BCUT2D eigenvalue weighted by atomic mass is 10.0. The third-order valence-electron chi connectivity index (χ3n) is 3.30. The van der Waals surface area contributed by atoms with Gasteiger partial charge in [-0.2, -0.15) is 0 Å². The summed E-state index contributed by atoms with van der Waals surface area (Å²) in [5.41, 5.74) is 1.65. The summed E-state index contributed by atoms with van der Waals surface area (Å²) < 4.78 is 6.65. The molecule has 0 aliphatic carbocycles. The van der Waals surface area contributed by atoms with Crippen LogP contribution in [0.2, 0.25) is 0 Å². The number of aliphatic carboxylic acids is 1. The average molecular weight is 273 g/mol. The van der Waals surface area contributed by atoms with Crippen molar-refractivity contribution in [2.75, 3.05) is 7.11 Å². The molecule has 5 heteroatoms. The van der Waals surface area contributed by atoms with Crippen LogP contribution in [0.4, 0.5) is 0 Å². The van der Waals surface area contributed by atoms with Gasteiger partial charge in [0.15, 0.2) is 0 Å². The van der Waals surface area contributed by atoms with Crippen molar-refractivity contribution in [3.63, 3.8) is 0 Å². The largest absolute Gasteiger partial charge is 0.497 e. The minimum absolute atomic E-state index is 0.235. The van der Waals surface area contributed by atoms with Crippen LogP contribution in [0.5, 0.6) is 5.75 Å². The molecular weight excluding hydrogens is 258 g/mol. The molecular formula is C15H15NO4. The lowest BCUT2D eigenvalue weighted by Crippen LogP contribution is -2.21. The average Bonchev–Trinajstić information content (AvgIpc) is 2.44. The van der Waals surface area contributed by atoms with Crippen molar-refractivity contribution >= 4 is 22.9 Å². The summed E-state index contributed by atoms with van der Waals surface area (Å²) in [6.45, 7) is 1.80. The van der Waals surface area contributed by atoms with Crippen molar-refractivity contribution in [3.05, 3.63) is 45.8 Å². The molecule has 1 aromatic heterocycles. The molecule has 1 N–H and O–H groups in total. The molecule has 0 saturated heterocycles. The molecule has 2 rings (SSSR count). The third-order valence-corrected chi connectivity index (χ3v) is 3.30. The number of ether oxygens (including phenoxy) is 1. The molecule has 0 aliphatic heterocycles. The summed E-state index contributed by atoms with van der Waals surface area (Å²) >= 11 is 0. The van der Waals surface area contributed by atoms with Crippen molar-refractivity contribution in [3.8, 4) is 5.75 Å². The highest BCUT2D eigenvalue weighted by Crippen LogP contribution is 2.24. The zero-order chi connectivity index (χ0) is 14.9. The minimum atomic E-state index is -1.08. The van der Waals surface area contributed by atoms with Gasteiger partial charge < -0.3 is 14.4 Å². The van der Waals surface area contributed by atoms with Crippen LogP contribution in [0.1, 0.15) is 11.1 Å². The number of pyridine rings is 1. The maximum absolute atomic E-state index is 12.3. The molecule has 5 nitrogen and oxygen atoms in total. The molecule has 0 unspecified atom stereocenters. The van der Waals surface area contributed by atoms with Crippen LogP contribution in [0.15, 0.2) is 29.1 Å². The summed E-state index contributed by atoms with van der Waals surface area (Å²) in [6, 6.07) is 5.46. The van der Waals surface area contributed by atoms with E-state index in [0.717, 1.165) is 22.5 Å². The predicted molar refractivity (Wildman–Crippen MR) is 77.1 cm³/mol. The fourth-order valence-electron chi connectivity index (χ4n) is 2.18. The van der Waals surface area contributed by atoms with Crippen molar-refractivity contribution in [1.82, 2.24) is 4.57 Å². The Hall–Kier alpha value is -2.56. The topological polar surface area (TPSA) is 68.5 Å². The minimum Gasteiger partial charge on any atom is -0.497 e. The number of carboxylic acids is 1. The van der Waals surface area contributed by atoms with Crippen LogP contribution in [0.3, 0.4) is 0 Å². The Morgan fingerprint density at radius 1 is 1.40 bits per heavy atom. The van der Waals surface area contributed by atoms with E-state index in [9.17, 15) is 9.59 Å². The van der Waals surface area contributed by atoms with Crippen LogP contribution < -0.4 is 10.3 Å². The molecule has 0 radical (unpaired) electrons. The molecule has 0 atom stereocenters. The zero-order valence-electron chi connectivity index (χ0n) is 11.5. The number of methoxy groups -OCH3 is 1. The van der Waals surface area contributed by atoms with Gasteiger partial charge in [0.2, 0.25) is 0 Å². The number of fused-ring (bicyclic) bond motifs is 1. The summed E-state index contributed by atoms with van der Waals surface area (Å²) in [5.74, 6) is -0.415. The predicted octanol–water partition coefficient (Wildman–Crippen LogP) is 1.95. The van der Waals surface area contributed by atoms with Gasteiger partial charge in [-0.25, -0.2) is 4.79 Å². The first-order valence-corrected chi connectivity index (χ1v) is 6.04. The van der Waals surface area contributed by atoms with Crippen molar-refractivity contribution in [2.24, 2.45) is 7.05 Å². The first-order valence-electron chi connectivity index (χ1n) is 6.04. The van der Waals surface area contributed by atoms with Gasteiger partial charge in [0.25, 0.3) is 5.56 Å². The molecule has 2 aromatic rings. The Labute approximate surface area is 115 Å². The molecule has 104 valence electrons. The fourth-order valence-corrected chi connectivity index (χ4v) is 2.18. The van der Waals surface area contributed by atoms with Crippen LogP contribution in [-0.4, -0.2) is 22.8 Å². The smallest absolute Gasteiger partial charge is 0.328 e. The van der Waals surface area contributed by atoms with E-state index in [2.05, 4.69) is 0 Å². The highest BCUT2D eigenvalue weighted by molar-refractivity contribution is 5.90. The normalized spacial score (nSPS) is 11.2. The van der Waals surface area contributed by atoms with Crippen molar-refractivity contribution in [1.29, 1.82) is 0 Å². The standard InChI is InChI=1S/C15H15NO4/c1-9-11-5-4-10(20-3)8-13(11)16(2)15(19)12(9)6-7-14(17)18/h4-8H,1-3H3,(H,17,18)/b7-6+. The maximum atomic E-state index is 12.3. The van der Waals surface area contributed by atoms with Gasteiger partial charge in [0.1, 0.15) is 5.75 Å². The van der Waals surface area contributed by atoms with Crippen molar-refractivity contribution in [2.45, 2.75) is 6.92 Å². The molecule has 0 saturated carbocycles. The molecule has 20 heavy (non-hydrogen) atoms. The molecule has 0 bridgehead atoms. The van der Waals surface area contributed by atoms with Crippen LogP contribution in [-0.2, 0) is 11.8 Å². The number of carbonyl (C=O) groups is 1. The Bertz CT molecular complexity index is 772. The second-order valence-corrected chi connectivity index (χ2v) is 4.46. The third kappa shape index (κ3) is 2.30. The number of nitrogens with zero attached hydrogens (tertiary/aromatic N) is 1. The van der Waals surface area contributed by atoms with Gasteiger partial charge in [0, 0.05) is 30.1 Å². The van der Waals surface area contributed by atoms with Crippen molar-refractivity contribution < 1.29 is 14.6 Å². The number of hydrogen-bond donors (Lipinski definition) is 1. The maximum Gasteiger partial charge on any atom is 0.328 e. The highest BCUT2D eigenvalue weighted by Gasteiger charge is 2.11. The van der Waals surface area contributed by atoms with Gasteiger partial charge in [0.05, 0.1) is 12.6 Å². The number of carboxylic acid groups (broad SMARTS) is 1. The summed E-state index contributed by atoms with van der Waals surface area (Å²) in [7, 11) is 3.22. The molecule has 0 amide bonds. The van der Waals surface area contributed by atoms with E-state index in [1.807, 2.05) is 12.1 Å². The number of benzene rings is 1. The van der Waals surface area contributed by atoms with Gasteiger partial charge in [-0.1, -0.05) is 0 Å². The SMILES string of the molecule is COc1ccc2c(C)c(/C=C/C(=O)O)c(=O)n(C)c2c1. The van der Waals surface area contributed by atoms with Gasteiger partial charge >= 0.3 is 5.97 Å². The monoisotopic (exact) mass is 273 g/mol.